The highest BCUT2D eigenvalue weighted by molar-refractivity contribution is 7.99. The summed E-state index contributed by atoms with van der Waals surface area (Å²) in [5.74, 6) is 0.280. The van der Waals surface area contributed by atoms with E-state index in [4.69, 9.17) is 4.74 Å². The zero-order chi connectivity index (χ0) is 15.2. The zero-order valence-corrected chi connectivity index (χ0v) is 13.6. The van der Waals surface area contributed by atoms with E-state index in [0.29, 0.717) is 24.0 Å². The minimum Gasteiger partial charge on any atom is -0.376 e. The average Bonchev–Trinajstić information content (AvgIpc) is 3.26. The molecule has 1 aliphatic rings. The molecule has 3 rings (SSSR count). The van der Waals surface area contributed by atoms with Crippen LogP contribution in [0.15, 0.2) is 22.7 Å². The van der Waals surface area contributed by atoms with E-state index in [-0.39, 0.29) is 12.0 Å². The third-order valence-corrected chi connectivity index (χ3v) is 5.11. The van der Waals surface area contributed by atoms with Gasteiger partial charge in [0, 0.05) is 11.5 Å². The largest absolute Gasteiger partial charge is 0.376 e. The monoisotopic (exact) mass is 339 g/mol. The summed E-state index contributed by atoms with van der Waals surface area (Å²) in [6.07, 6.45) is 2.29. The molecule has 1 unspecified atom stereocenters. The fourth-order valence-electron chi connectivity index (χ4n) is 2.18. The molecular weight excluding hydrogens is 322 g/mol. The molecule has 9 heteroatoms. The maximum absolute atomic E-state index is 11.9. The van der Waals surface area contributed by atoms with Gasteiger partial charge in [-0.3, -0.25) is 4.79 Å². The number of hydrogen-bond acceptors (Lipinski definition) is 7. The third-order valence-electron chi connectivity index (χ3n) is 3.27. The van der Waals surface area contributed by atoms with Gasteiger partial charge in [0.05, 0.1) is 24.9 Å². The fraction of sp³-hybridized carbons (Fsp3) is 0.538. The summed E-state index contributed by atoms with van der Waals surface area (Å²) in [4.78, 5) is 13.0. The van der Waals surface area contributed by atoms with Gasteiger partial charge in [-0.25, -0.2) is 4.68 Å². The van der Waals surface area contributed by atoms with Crippen molar-refractivity contribution in [3.05, 3.63) is 22.4 Å². The number of carbonyl (C=O) groups excluding carboxylic acids is 1. The van der Waals surface area contributed by atoms with Crippen molar-refractivity contribution in [2.24, 2.45) is 0 Å². The molecule has 0 aliphatic carbocycles. The average molecular weight is 339 g/mol. The van der Waals surface area contributed by atoms with E-state index in [9.17, 15) is 4.79 Å². The van der Waals surface area contributed by atoms with E-state index in [0.717, 1.165) is 24.3 Å². The second kappa shape index (κ2) is 7.70. The Morgan fingerprint density at radius 2 is 2.55 bits per heavy atom. The number of thiophene rings is 1. The lowest BCUT2D eigenvalue weighted by Gasteiger charge is -2.09. The number of ether oxygens (including phenoxy) is 1. The van der Waals surface area contributed by atoms with Gasteiger partial charge in [-0.15, -0.1) is 16.4 Å². The van der Waals surface area contributed by atoms with Gasteiger partial charge in [0.2, 0.25) is 11.1 Å². The maximum atomic E-state index is 11.9. The summed E-state index contributed by atoms with van der Waals surface area (Å²) in [6.45, 7) is 2.02. The Morgan fingerprint density at radius 3 is 3.32 bits per heavy atom. The first kappa shape index (κ1) is 15.4. The van der Waals surface area contributed by atoms with Gasteiger partial charge in [-0.2, -0.15) is 0 Å². The number of nitrogens with one attached hydrogen (secondary N) is 1. The first-order valence-electron chi connectivity index (χ1n) is 7.11. The predicted octanol–water partition coefficient (Wildman–Crippen LogP) is 1.32. The molecular formula is C13H17N5O2S2. The van der Waals surface area contributed by atoms with Crippen LogP contribution in [0.2, 0.25) is 0 Å². The van der Waals surface area contributed by atoms with Crippen LogP contribution in [-0.4, -0.2) is 44.6 Å². The van der Waals surface area contributed by atoms with E-state index >= 15 is 0 Å². The predicted molar refractivity (Wildman–Crippen MR) is 83.7 cm³/mol. The van der Waals surface area contributed by atoms with Crippen LogP contribution in [-0.2, 0) is 22.6 Å². The van der Waals surface area contributed by atoms with Gasteiger partial charge in [0.15, 0.2) is 0 Å². The molecule has 0 aromatic carbocycles. The van der Waals surface area contributed by atoms with Crippen LogP contribution in [0.4, 0.5) is 0 Å². The van der Waals surface area contributed by atoms with E-state index in [2.05, 4.69) is 20.8 Å². The van der Waals surface area contributed by atoms with Crippen molar-refractivity contribution in [3.63, 3.8) is 0 Å². The van der Waals surface area contributed by atoms with Crippen molar-refractivity contribution in [2.75, 3.05) is 12.4 Å². The van der Waals surface area contributed by atoms with Gasteiger partial charge in [-0.05, 0) is 34.7 Å². The molecule has 0 radical (unpaired) electrons. The van der Waals surface area contributed by atoms with Crippen molar-refractivity contribution >= 4 is 29.0 Å². The Morgan fingerprint density at radius 1 is 1.59 bits per heavy atom. The summed E-state index contributed by atoms with van der Waals surface area (Å²) in [6, 6.07) is 3.97. The van der Waals surface area contributed by atoms with Crippen molar-refractivity contribution in [3.8, 4) is 0 Å². The number of carbonyl (C=O) groups is 1. The van der Waals surface area contributed by atoms with Gasteiger partial charge in [0.1, 0.15) is 0 Å². The Hall–Kier alpha value is -1.45. The summed E-state index contributed by atoms with van der Waals surface area (Å²) >= 11 is 2.97. The van der Waals surface area contributed by atoms with Gasteiger partial charge < -0.3 is 10.1 Å². The molecule has 1 fully saturated rings. The summed E-state index contributed by atoms with van der Waals surface area (Å²) in [5.41, 5.74) is 0. The van der Waals surface area contributed by atoms with E-state index in [1.807, 2.05) is 17.5 Å². The lowest BCUT2D eigenvalue weighted by atomic mass is 10.2. The standard InChI is InChI=1S/C13H17N5O2S2/c19-12(14-7-11-4-2-6-21-11)9-22-13-15-16-17-18(13)8-10-3-1-5-20-10/h2,4,6,10H,1,3,5,7-9H2,(H,14,19). The molecule has 118 valence electrons. The Balaban J connectivity index is 1.44. The quantitative estimate of drug-likeness (QED) is 0.766. The van der Waals surface area contributed by atoms with Crippen LogP contribution in [0.25, 0.3) is 0 Å². The van der Waals surface area contributed by atoms with Gasteiger partial charge >= 0.3 is 0 Å². The van der Waals surface area contributed by atoms with Gasteiger partial charge in [-0.1, -0.05) is 17.8 Å². The molecule has 2 aromatic heterocycles. The number of nitrogens with zero attached hydrogens (tertiary/aromatic N) is 4. The number of amides is 1. The molecule has 7 nitrogen and oxygen atoms in total. The van der Waals surface area contributed by atoms with Crippen molar-refractivity contribution in [2.45, 2.75) is 37.2 Å². The second-order valence-corrected chi connectivity index (χ2v) is 6.90. The number of hydrogen-bond donors (Lipinski definition) is 1. The molecule has 0 bridgehead atoms. The number of thioether (sulfide) groups is 1. The molecule has 0 saturated carbocycles. The third kappa shape index (κ3) is 4.28. The van der Waals surface area contributed by atoms with Crippen molar-refractivity contribution < 1.29 is 9.53 Å². The lowest BCUT2D eigenvalue weighted by Crippen LogP contribution is -2.24. The lowest BCUT2D eigenvalue weighted by molar-refractivity contribution is -0.118. The number of aromatic nitrogens is 4. The number of rotatable bonds is 7. The van der Waals surface area contributed by atoms with Crippen LogP contribution in [0.5, 0.6) is 0 Å². The topological polar surface area (TPSA) is 81.9 Å². The minimum atomic E-state index is -0.0231. The molecule has 2 aromatic rings. The first-order chi connectivity index (χ1) is 10.8. The van der Waals surface area contributed by atoms with Crippen LogP contribution in [0.1, 0.15) is 17.7 Å². The summed E-state index contributed by atoms with van der Waals surface area (Å²) in [7, 11) is 0. The Labute approximate surface area is 136 Å². The molecule has 1 N–H and O–H groups in total. The second-order valence-electron chi connectivity index (χ2n) is 4.92. The maximum Gasteiger partial charge on any atom is 0.230 e. The number of tetrazole rings is 1. The molecule has 1 amide bonds. The van der Waals surface area contributed by atoms with Crippen molar-refractivity contribution in [1.82, 2.24) is 25.5 Å². The van der Waals surface area contributed by atoms with Crippen LogP contribution < -0.4 is 5.32 Å². The SMILES string of the molecule is O=C(CSc1nnnn1CC1CCCO1)NCc1cccs1. The highest BCUT2D eigenvalue weighted by atomic mass is 32.2. The van der Waals surface area contributed by atoms with Gasteiger partial charge in [0.25, 0.3) is 0 Å². The molecule has 1 saturated heterocycles. The smallest absolute Gasteiger partial charge is 0.230 e. The van der Waals surface area contributed by atoms with Crippen LogP contribution in [0.3, 0.4) is 0 Å². The molecule has 22 heavy (non-hydrogen) atoms. The van der Waals surface area contributed by atoms with Crippen LogP contribution in [0, 0.1) is 0 Å². The summed E-state index contributed by atoms with van der Waals surface area (Å²) < 4.78 is 7.30. The van der Waals surface area contributed by atoms with E-state index in [1.54, 1.807) is 16.0 Å². The molecule has 3 heterocycles. The van der Waals surface area contributed by atoms with Crippen LogP contribution >= 0.6 is 23.1 Å². The van der Waals surface area contributed by atoms with Crippen molar-refractivity contribution in [1.29, 1.82) is 0 Å². The van der Waals surface area contributed by atoms with E-state index < -0.39 is 0 Å². The van der Waals surface area contributed by atoms with E-state index in [1.165, 1.54) is 11.8 Å². The normalized spacial score (nSPS) is 17.7. The first-order valence-corrected chi connectivity index (χ1v) is 8.97. The zero-order valence-electron chi connectivity index (χ0n) is 12.0. The Bertz CT molecular complexity index is 595. The Kier molecular flexibility index (Phi) is 5.41. The molecule has 1 atom stereocenters. The summed E-state index contributed by atoms with van der Waals surface area (Å²) in [5, 5.41) is 17.2. The minimum absolute atomic E-state index is 0.0231. The molecule has 1 aliphatic heterocycles. The highest BCUT2D eigenvalue weighted by Gasteiger charge is 2.19. The highest BCUT2D eigenvalue weighted by Crippen LogP contribution is 2.18. The fourth-order valence-corrected chi connectivity index (χ4v) is 3.54. The molecule has 0 spiro atoms.